The van der Waals surface area contributed by atoms with E-state index in [0.717, 1.165) is 16.7 Å². The first kappa shape index (κ1) is 19.8. The van der Waals surface area contributed by atoms with Gasteiger partial charge in [0.15, 0.2) is 14.6 Å². The SMILES string of the molecule is CC(C)CN(Cn1ccn(-c2ccc(Br)cc2)c1=S)C1CCS(=O)(=O)C1. The Labute approximate surface area is 168 Å². The van der Waals surface area contributed by atoms with Crippen molar-refractivity contribution in [1.29, 1.82) is 0 Å². The van der Waals surface area contributed by atoms with Gasteiger partial charge in [-0.25, -0.2) is 8.42 Å². The van der Waals surface area contributed by atoms with E-state index in [9.17, 15) is 8.42 Å². The molecular weight excluding hydrogens is 434 g/mol. The summed E-state index contributed by atoms with van der Waals surface area (Å²) in [4.78, 5) is 2.26. The van der Waals surface area contributed by atoms with Gasteiger partial charge in [0.2, 0.25) is 0 Å². The first-order valence-electron chi connectivity index (χ1n) is 8.73. The van der Waals surface area contributed by atoms with Crippen molar-refractivity contribution < 1.29 is 8.42 Å². The van der Waals surface area contributed by atoms with Crippen molar-refractivity contribution in [2.45, 2.75) is 33.0 Å². The highest BCUT2D eigenvalue weighted by Crippen LogP contribution is 2.21. The molecule has 1 fully saturated rings. The summed E-state index contributed by atoms with van der Waals surface area (Å²) in [5, 5.41) is 0. The molecule has 1 aromatic carbocycles. The number of sulfone groups is 1. The lowest BCUT2D eigenvalue weighted by Crippen LogP contribution is -2.40. The Morgan fingerprint density at radius 3 is 2.54 bits per heavy atom. The van der Waals surface area contributed by atoms with E-state index in [2.05, 4.69) is 34.7 Å². The van der Waals surface area contributed by atoms with Gasteiger partial charge in [-0.05, 0) is 48.8 Å². The molecule has 3 rings (SSSR count). The normalized spacial score (nSPS) is 19.5. The van der Waals surface area contributed by atoms with Crippen molar-refractivity contribution in [1.82, 2.24) is 14.0 Å². The van der Waals surface area contributed by atoms with Crippen LogP contribution in [0.5, 0.6) is 0 Å². The predicted octanol–water partition coefficient (Wildman–Crippen LogP) is 3.87. The van der Waals surface area contributed by atoms with Crippen LogP contribution in [0, 0.1) is 10.7 Å². The molecule has 5 nitrogen and oxygen atoms in total. The molecule has 1 aromatic heterocycles. The fourth-order valence-electron chi connectivity index (χ4n) is 3.37. The number of halogens is 1. The lowest BCUT2D eigenvalue weighted by atomic mass is 10.1. The third-order valence-corrected chi connectivity index (χ3v) is 7.32. The van der Waals surface area contributed by atoms with Crippen LogP contribution in [-0.2, 0) is 16.5 Å². The standard InChI is InChI=1S/C18H24BrN3O2S2/c1-14(2)11-21(17-7-10-26(23,24)12-17)13-20-8-9-22(18(20)25)16-5-3-15(19)4-6-16/h3-6,8-9,14,17H,7,10-13H2,1-2H3. The summed E-state index contributed by atoms with van der Waals surface area (Å²) in [6.07, 6.45) is 4.64. The van der Waals surface area contributed by atoms with Crippen LogP contribution in [0.4, 0.5) is 0 Å². The molecule has 0 N–H and O–H groups in total. The van der Waals surface area contributed by atoms with Crippen LogP contribution < -0.4 is 0 Å². The van der Waals surface area contributed by atoms with E-state index in [-0.39, 0.29) is 17.5 Å². The van der Waals surface area contributed by atoms with Crippen molar-refractivity contribution in [3.63, 3.8) is 0 Å². The van der Waals surface area contributed by atoms with Crippen molar-refractivity contribution >= 4 is 38.0 Å². The third-order valence-electron chi connectivity index (χ3n) is 4.61. The van der Waals surface area contributed by atoms with Crippen molar-refractivity contribution in [3.8, 4) is 5.69 Å². The first-order valence-corrected chi connectivity index (χ1v) is 11.8. The lowest BCUT2D eigenvalue weighted by molar-refractivity contribution is 0.145. The van der Waals surface area contributed by atoms with Gasteiger partial charge in [-0.2, -0.15) is 0 Å². The molecule has 8 heteroatoms. The summed E-state index contributed by atoms with van der Waals surface area (Å²) in [5.74, 6) is 0.999. The molecule has 1 unspecified atom stereocenters. The minimum absolute atomic E-state index is 0.0698. The molecule has 0 aliphatic carbocycles. The third kappa shape index (κ3) is 4.65. The number of hydrogen-bond donors (Lipinski definition) is 0. The van der Waals surface area contributed by atoms with Crippen molar-refractivity contribution in [2.24, 2.45) is 5.92 Å². The highest BCUT2D eigenvalue weighted by atomic mass is 79.9. The van der Waals surface area contributed by atoms with Gasteiger partial charge in [-0.1, -0.05) is 29.8 Å². The minimum Gasteiger partial charge on any atom is -0.310 e. The molecule has 1 saturated heterocycles. The fourth-order valence-corrected chi connectivity index (χ4v) is 5.68. The van der Waals surface area contributed by atoms with Gasteiger partial charge >= 0.3 is 0 Å². The Hall–Kier alpha value is -0.960. The molecule has 0 amide bonds. The maximum absolute atomic E-state index is 11.9. The van der Waals surface area contributed by atoms with E-state index < -0.39 is 9.84 Å². The highest BCUT2D eigenvalue weighted by Gasteiger charge is 2.32. The van der Waals surface area contributed by atoms with Gasteiger partial charge in [0.25, 0.3) is 0 Å². The summed E-state index contributed by atoms with van der Waals surface area (Å²) in [6, 6.07) is 8.07. The maximum atomic E-state index is 11.9. The molecule has 2 heterocycles. The van der Waals surface area contributed by atoms with Crippen LogP contribution in [0.3, 0.4) is 0 Å². The molecule has 0 radical (unpaired) electrons. The average Bonchev–Trinajstić information content (AvgIpc) is 3.10. The second-order valence-electron chi connectivity index (χ2n) is 7.26. The van der Waals surface area contributed by atoms with E-state index in [1.165, 1.54) is 0 Å². The summed E-state index contributed by atoms with van der Waals surface area (Å²) in [6.45, 7) is 5.78. The summed E-state index contributed by atoms with van der Waals surface area (Å²) in [5.41, 5.74) is 1.01. The van der Waals surface area contributed by atoms with Gasteiger partial charge in [0.05, 0.1) is 18.2 Å². The molecule has 1 atom stereocenters. The second-order valence-corrected chi connectivity index (χ2v) is 10.8. The van der Waals surface area contributed by atoms with Crippen molar-refractivity contribution in [2.75, 3.05) is 18.1 Å². The smallest absolute Gasteiger partial charge is 0.185 e. The van der Waals surface area contributed by atoms with Gasteiger partial charge in [0, 0.05) is 35.1 Å². The van der Waals surface area contributed by atoms with E-state index in [4.69, 9.17) is 12.2 Å². The Balaban J connectivity index is 1.83. The fraction of sp³-hybridized carbons (Fsp3) is 0.500. The van der Waals surface area contributed by atoms with E-state index in [1.54, 1.807) is 0 Å². The van der Waals surface area contributed by atoms with Crippen LogP contribution in [0.2, 0.25) is 0 Å². The van der Waals surface area contributed by atoms with E-state index in [1.807, 2.05) is 45.8 Å². The van der Waals surface area contributed by atoms with Crippen LogP contribution in [0.1, 0.15) is 20.3 Å². The monoisotopic (exact) mass is 457 g/mol. The number of nitrogens with zero attached hydrogens (tertiary/aromatic N) is 3. The highest BCUT2D eigenvalue weighted by molar-refractivity contribution is 9.10. The molecule has 0 spiro atoms. The number of rotatable bonds is 6. The zero-order valence-electron chi connectivity index (χ0n) is 15.0. The Kier molecular flexibility index (Phi) is 6.06. The lowest BCUT2D eigenvalue weighted by Gasteiger charge is -2.29. The first-order chi connectivity index (χ1) is 12.2. The minimum atomic E-state index is -2.91. The molecule has 142 valence electrons. The Morgan fingerprint density at radius 1 is 1.27 bits per heavy atom. The zero-order chi connectivity index (χ0) is 18.9. The van der Waals surface area contributed by atoms with Crippen LogP contribution in [0.25, 0.3) is 5.69 Å². The molecule has 1 aliphatic heterocycles. The van der Waals surface area contributed by atoms with Crippen LogP contribution in [-0.4, -0.2) is 46.5 Å². The number of hydrogen-bond acceptors (Lipinski definition) is 4. The molecule has 26 heavy (non-hydrogen) atoms. The average molecular weight is 458 g/mol. The van der Waals surface area contributed by atoms with Crippen LogP contribution in [0.15, 0.2) is 41.1 Å². The molecule has 1 aliphatic rings. The molecule has 0 bridgehead atoms. The maximum Gasteiger partial charge on any atom is 0.185 e. The van der Waals surface area contributed by atoms with Crippen LogP contribution >= 0.6 is 28.1 Å². The molecule has 2 aromatic rings. The molecular formula is C18H24BrN3O2S2. The summed E-state index contributed by atoms with van der Waals surface area (Å²) in [7, 11) is -2.91. The van der Waals surface area contributed by atoms with Gasteiger partial charge in [-0.3, -0.25) is 9.47 Å². The number of aromatic nitrogens is 2. The number of imidazole rings is 1. The Bertz CT molecular complexity index is 917. The number of benzene rings is 1. The van der Waals surface area contributed by atoms with E-state index in [0.29, 0.717) is 23.8 Å². The second kappa shape index (κ2) is 7.96. The summed E-state index contributed by atoms with van der Waals surface area (Å²) >= 11 is 9.11. The van der Waals surface area contributed by atoms with Crippen molar-refractivity contribution in [3.05, 3.63) is 45.9 Å². The predicted molar refractivity (Wildman–Crippen MR) is 111 cm³/mol. The van der Waals surface area contributed by atoms with Gasteiger partial charge < -0.3 is 4.57 Å². The Morgan fingerprint density at radius 2 is 1.96 bits per heavy atom. The van der Waals surface area contributed by atoms with E-state index >= 15 is 0 Å². The zero-order valence-corrected chi connectivity index (χ0v) is 18.2. The van der Waals surface area contributed by atoms with Gasteiger partial charge in [0.1, 0.15) is 0 Å². The topological polar surface area (TPSA) is 47.2 Å². The quantitative estimate of drug-likeness (QED) is 0.617. The summed E-state index contributed by atoms with van der Waals surface area (Å²) < 4.78 is 29.5. The van der Waals surface area contributed by atoms with Gasteiger partial charge in [-0.15, -0.1) is 0 Å². The molecule has 0 saturated carbocycles. The largest absolute Gasteiger partial charge is 0.310 e.